The molecule has 0 spiro atoms. The average Bonchev–Trinajstić information content (AvgIpc) is 2.07. The van der Waals surface area contributed by atoms with Crippen LogP contribution in [0.4, 0.5) is 8.78 Å². The second-order valence-corrected chi connectivity index (χ2v) is 4.16. The number of rotatable bonds is 2. The number of piperidine rings is 1. The molecule has 0 aromatic rings. The standard InChI is InChI=1S/C10H17F2NO2/c1-7(2)15-9-4-5-13(8(3)14)6-10(9,11)12/h7,9H,4-6H2,1-3H3/t9-/m0/s1. The molecule has 1 aliphatic heterocycles. The maximum atomic E-state index is 13.5. The molecular weight excluding hydrogens is 204 g/mol. The SMILES string of the molecule is CC(=O)N1CC[C@H](OC(C)C)C(F)(F)C1. The molecule has 1 atom stereocenters. The fourth-order valence-electron chi connectivity index (χ4n) is 1.68. The normalized spacial score (nSPS) is 25.7. The molecule has 3 nitrogen and oxygen atoms in total. The second-order valence-electron chi connectivity index (χ2n) is 4.16. The molecule has 0 saturated carbocycles. The van der Waals surface area contributed by atoms with E-state index in [1.807, 2.05) is 0 Å². The third-order valence-electron chi connectivity index (χ3n) is 2.42. The zero-order valence-electron chi connectivity index (χ0n) is 9.30. The highest BCUT2D eigenvalue weighted by atomic mass is 19.3. The van der Waals surface area contributed by atoms with Gasteiger partial charge < -0.3 is 9.64 Å². The Kier molecular flexibility index (Phi) is 3.65. The van der Waals surface area contributed by atoms with Crippen molar-refractivity contribution < 1.29 is 18.3 Å². The first-order valence-corrected chi connectivity index (χ1v) is 5.11. The molecule has 88 valence electrons. The second kappa shape index (κ2) is 4.43. The van der Waals surface area contributed by atoms with E-state index in [1.165, 1.54) is 11.8 Å². The molecule has 1 rings (SSSR count). The van der Waals surface area contributed by atoms with E-state index in [9.17, 15) is 13.6 Å². The van der Waals surface area contributed by atoms with Crippen LogP contribution in [0.2, 0.25) is 0 Å². The predicted molar refractivity (Wildman–Crippen MR) is 51.8 cm³/mol. The van der Waals surface area contributed by atoms with Crippen molar-refractivity contribution in [3.05, 3.63) is 0 Å². The molecule has 0 aromatic heterocycles. The van der Waals surface area contributed by atoms with E-state index in [0.717, 1.165) is 0 Å². The maximum absolute atomic E-state index is 13.5. The fourth-order valence-corrected chi connectivity index (χ4v) is 1.68. The molecule has 5 heteroatoms. The Bertz CT molecular complexity index is 244. The van der Waals surface area contributed by atoms with Gasteiger partial charge in [0, 0.05) is 13.5 Å². The van der Waals surface area contributed by atoms with Crippen LogP contribution in [0, 0.1) is 0 Å². The van der Waals surface area contributed by atoms with Crippen molar-refractivity contribution in [2.45, 2.75) is 45.3 Å². The van der Waals surface area contributed by atoms with Gasteiger partial charge >= 0.3 is 0 Å². The van der Waals surface area contributed by atoms with Gasteiger partial charge in [-0.15, -0.1) is 0 Å². The molecule has 0 N–H and O–H groups in total. The van der Waals surface area contributed by atoms with Crippen LogP contribution >= 0.6 is 0 Å². The van der Waals surface area contributed by atoms with Gasteiger partial charge in [-0.3, -0.25) is 4.79 Å². The van der Waals surface area contributed by atoms with Gasteiger partial charge in [0.1, 0.15) is 6.10 Å². The fraction of sp³-hybridized carbons (Fsp3) is 0.900. The van der Waals surface area contributed by atoms with Gasteiger partial charge in [-0.05, 0) is 20.3 Å². The number of likely N-dealkylation sites (tertiary alicyclic amines) is 1. The summed E-state index contributed by atoms with van der Waals surface area (Å²) in [5, 5.41) is 0. The molecular formula is C10H17F2NO2. The van der Waals surface area contributed by atoms with Crippen LogP contribution < -0.4 is 0 Å². The van der Waals surface area contributed by atoms with Crippen LogP contribution in [-0.2, 0) is 9.53 Å². The Morgan fingerprint density at radius 1 is 1.53 bits per heavy atom. The van der Waals surface area contributed by atoms with Gasteiger partial charge in [-0.25, -0.2) is 8.78 Å². The van der Waals surface area contributed by atoms with E-state index in [-0.39, 0.29) is 18.4 Å². The minimum absolute atomic E-state index is 0.199. The molecule has 0 bridgehead atoms. The minimum Gasteiger partial charge on any atom is -0.369 e. The summed E-state index contributed by atoms with van der Waals surface area (Å²) in [6.45, 7) is 4.59. The van der Waals surface area contributed by atoms with E-state index < -0.39 is 18.6 Å². The van der Waals surface area contributed by atoms with Crippen molar-refractivity contribution in [1.82, 2.24) is 4.90 Å². The van der Waals surface area contributed by atoms with Gasteiger partial charge in [0.15, 0.2) is 0 Å². The molecule has 15 heavy (non-hydrogen) atoms. The molecule has 0 aromatic carbocycles. The highest BCUT2D eigenvalue weighted by Gasteiger charge is 2.46. The number of ether oxygens (including phenoxy) is 1. The van der Waals surface area contributed by atoms with Crippen LogP contribution in [0.3, 0.4) is 0 Å². The maximum Gasteiger partial charge on any atom is 0.290 e. The van der Waals surface area contributed by atoms with Crippen molar-refractivity contribution in [3.63, 3.8) is 0 Å². The van der Waals surface area contributed by atoms with E-state index in [1.54, 1.807) is 13.8 Å². The van der Waals surface area contributed by atoms with E-state index in [4.69, 9.17) is 4.74 Å². The average molecular weight is 221 g/mol. The number of hydrogen-bond donors (Lipinski definition) is 0. The van der Waals surface area contributed by atoms with Crippen LogP contribution in [-0.4, -0.2) is 42.0 Å². The quantitative estimate of drug-likeness (QED) is 0.709. The Hall–Kier alpha value is -0.710. The Balaban J connectivity index is 2.62. The van der Waals surface area contributed by atoms with Crippen LogP contribution in [0.5, 0.6) is 0 Å². The molecule has 1 saturated heterocycles. The molecule has 0 aliphatic carbocycles. The van der Waals surface area contributed by atoms with Crippen molar-refractivity contribution in [3.8, 4) is 0 Å². The van der Waals surface area contributed by atoms with Crippen LogP contribution in [0.25, 0.3) is 0 Å². The zero-order valence-corrected chi connectivity index (χ0v) is 9.30. The number of carbonyl (C=O) groups is 1. The number of halogens is 2. The van der Waals surface area contributed by atoms with Gasteiger partial charge in [0.25, 0.3) is 5.92 Å². The van der Waals surface area contributed by atoms with E-state index >= 15 is 0 Å². The number of nitrogens with zero attached hydrogens (tertiary/aromatic N) is 1. The lowest BCUT2D eigenvalue weighted by Crippen LogP contribution is -2.54. The molecule has 1 amide bonds. The van der Waals surface area contributed by atoms with Gasteiger partial charge in [0.05, 0.1) is 12.6 Å². The number of hydrogen-bond acceptors (Lipinski definition) is 2. The molecule has 1 fully saturated rings. The molecule has 1 aliphatic rings. The lowest BCUT2D eigenvalue weighted by molar-refractivity contribution is -0.188. The van der Waals surface area contributed by atoms with E-state index in [2.05, 4.69) is 0 Å². The summed E-state index contributed by atoms with van der Waals surface area (Å²) in [5.41, 5.74) is 0. The Morgan fingerprint density at radius 2 is 2.13 bits per heavy atom. The van der Waals surface area contributed by atoms with Crippen molar-refractivity contribution in [2.24, 2.45) is 0 Å². The summed E-state index contributed by atoms with van der Waals surface area (Å²) in [6, 6.07) is 0. The third kappa shape index (κ3) is 3.12. The number of carbonyl (C=O) groups excluding carboxylic acids is 1. The minimum atomic E-state index is -2.94. The van der Waals surface area contributed by atoms with Crippen molar-refractivity contribution >= 4 is 5.91 Å². The van der Waals surface area contributed by atoms with E-state index in [0.29, 0.717) is 6.54 Å². The summed E-state index contributed by atoms with van der Waals surface area (Å²) < 4.78 is 32.2. The summed E-state index contributed by atoms with van der Waals surface area (Å²) in [6.07, 6.45) is -1.08. The first-order chi connectivity index (χ1) is 6.83. The lowest BCUT2D eigenvalue weighted by atomic mass is 10.0. The summed E-state index contributed by atoms with van der Waals surface area (Å²) >= 11 is 0. The smallest absolute Gasteiger partial charge is 0.290 e. The highest BCUT2D eigenvalue weighted by molar-refractivity contribution is 5.73. The van der Waals surface area contributed by atoms with Crippen LogP contribution in [0.1, 0.15) is 27.2 Å². The van der Waals surface area contributed by atoms with Crippen LogP contribution in [0.15, 0.2) is 0 Å². The summed E-state index contributed by atoms with van der Waals surface area (Å²) in [7, 11) is 0. The first-order valence-electron chi connectivity index (χ1n) is 5.11. The topological polar surface area (TPSA) is 29.5 Å². The predicted octanol–water partition coefficient (Wildman–Crippen LogP) is 1.67. The summed E-state index contributed by atoms with van der Waals surface area (Å²) in [5.74, 6) is -3.24. The molecule has 0 radical (unpaired) electrons. The largest absolute Gasteiger partial charge is 0.369 e. The van der Waals surface area contributed by atoms with Gasteiger partial charge in [-0.1, -0.05) is 0 Å². The highest BCUT2D eigenvalue weighted by Crippen LogP contribution is 2.30. The number of amides is 1. The summed E-state index contributed by atoms with van der Waals surface area (Å²) in [4.78, 5) is 12.1. The molecule has 0 unspecified atom stereocenters. The van der Waals surface area contributed by atoms with Gasteiger partial charge in [-0.2, -0.15) is 0 Å². The molecule has 1 heterocycles. The monoisotopic (exact) mass is 221 g/mol. The zero-order chi connectivity index (χ0) is 11.6. The van der Waals surface area contributed by atoms with Gasteiger partial charge in [0.2, 0.25) is 5.91 Å². The Morgan fingerprint density at radius 3 is 2.53 bits per heavy atom. The van der Waals surface area contributed by atoms with Crippen molar-refractivity contribution in [1.29, 1.82) is 0 Å². The lowest BCUT2D eigenvalue weighted by Gasteiger charge is -2.38. The Labute approximate surface area is 88.4 Å². The van der Waals surface area contributed by atoms with Crippen molar-refractivity contribution in [2.75, 3.05) is 13.1 Å². The first kappa shape index (κ1) is 12.4. The number of alkyl halides is 2. The third-order valence-corrected chi connectivity index (χ3v) is 2.42.